The Morgan fingerprint density at radius 2 is 2.00 bits per heavy atom. The fraction of sp³-hybridized carbons (Fsp3) is 0.348. The Morgan fingerprint density at radius 3 is 2.70 bits per heavy atom. The molecule has 0 spiro atoms. The molecule has 0 atom stereocenters. The Balaban J connectivity index is 1.25. The quantitative estimate of drug-likeness (QED) is 0.583. The van der Waals surface area contributed by atoms with E-state index in [4.69, 9.17) is 0 Å². The number of nitrogens with one attached hydrogen (secondary N) is 2. The van der Waals surface area contributed by atoms with Crippen molar-refractivity contribution in [3.8, 4) is 22.1 Å². The average molecular weight is 464 g/mol. The van der Waals surface area contributed by atoms with Crippen LogP contribution < -0.4 is 10.6 Å². The van der Waals surface area contributed by atoms with E-state index in [1.54, 1.807) is 23.6 Å². The summed E-state index contributed by atoms with van der Waals surface area (Å²) in [4.78, 5) is 43.3. The van der Waals surface area contributed by atoms with Crippen LogP contribution in [0, 0.1) is 0 Å². The number of urea groups is 1. The molecular formula is C23H25N7O2S. The molecule has 2 saturated heterocycles. The molecule has 0 bridgehead atoms. The van der Waals surface area contributed by atoms with Gasteiger partial charge in [0.25, 0.3) is 0 Å². The molecule has 0 saturated carbocycles. The Hall–Kier alpha value is -3.37. The van der Waals surface area contributed by atoms with Crippen LogP contribution in [-0.4, -0.2) is 75.5 Å². The molecule has 5 rings (SSSR count). The summed E-state index contributed by atoms with van der Waals surface area (Å²) in [5.41, 5.74) is 1.38. The van der Waals surface area contributed by atoms with E-state index in [-0.39, 0.29) is 24.5 Å². The molecule has 2 N–H and O–H groups in total. The first-order valence-corrected chi connectivity index (χ1v) is 11.9. The molecule has 10 heteroatoms. The summed E-state index contributed by atoms with van der Waals surface area (Å²) < 4.78 is 0. The molecule has 3 aromatic heterocycles. The SMILES string of the molecule is O=C(CN1CCC(N2CCNC2=O)CC1)Nc1cc(-c2ccccn2)nc(-c2cccs2)n1. The lowest BCUT2D eigenvalue weighted by Gasteiger charge is -2.35. The van der Waals surface area contributed by atoms with Crippen LogP contribution in [0.4, 0.5) is 10.6 Å². The number of rotatable bonds is 6. The van der Waals surface area contributed by atoms with E-state index < -0.39 is 0 Å². The summed E-state index contributed by atoms with van der Waals surface area (Å²) in [6, 6.07) is 11.6. The van der Waals surface area contributed by atoms with Crippen molar-refractivity contribution in [3.63, 3.8) is 0 Å². The smallest absolute Gasteiger partial charge is 0.317 e. The van der Waals surface area contributed by atoms with Gasteiger partial charge in [0.2, 0.25) is 5.91 Å². The third-order valence-electron chi connectivity index (χ3n) is 5.92. The number of hydrogen-bond acceptors (Lipinski definition) is 7. The average Bonchev–Trinajstić information content (AvgIpc) is 3.52. The maximum atomic E-state index is 12.8. The van der Waals surface area contributed by atoms with Gasteiger partial charge in [0.1, 0.15) is 5.82 Å². The topological polar surface area (TPSA) is 103 Å². The molecule has 3 amide bonds. The molecule has 0 aliphatic carbocycles. The van der Waals surface area contributed by atoms with E-state index >= 15 is 0 Å². The van der Waals surface area contributed by atoms with Crippen molar-refractivity contribution in [2.75, 3.05) is 38.0 Å². The molecule has 9 nitrogen and oxygen atoms in total. The van der Waals surface area contributed by atoms with Crippen molar-refractivity contribution in [3.05, 3.63) is 48.0 Å². The van der Waals surface area contributed by atoms with Gasteiger partial charge in [-0.3, -0.25) is 14.7 Å². The van der Waals surface area contributed by atoms with Gasteiger partial charge in [-0.1, -0.05) is 12.1 Å². The van der Waals surface area contributed by atoms with Crippen LogP contribution in [0.1, 0.15) is 12.8 Å². The minimum absolute atomic E-state index is 0.0280. The Kier molecular flexibility index (Phi) is 6.27. The predicted molar refractivity (Wildman–Crippen MR) is 127 cm³/mol. The van der Waals surface area contributed by atoms with E-state index in [2.05, 4.69) is 30.5 Å². The maximum Gasteiger partial charge on any atom is 0.317 e. The van der Waals surface area contributed by atoms with Gasteiger partial charge in [-0.25, -0.2) is 14.8 Å². The van der Waals surface area contributed by atoms with Crippen LogP contribution in [-0.2, 0) is 4.79 Å². The molecule has 33 heavy (non-hydrogen) atoms. The van der Waals surface area contributed by atoms with Gasteiger partial charge in [0, 0.05) is 44.5 Å². The van der Waals surface area contributed by atoms with Crippen molar-refractivity contribution < 1.29 is 9.59 Å². The molecule has 0 unspecified atom stereocenters. The number of pyridine rings is 1. The summed E-state index contributed by atoms with van der Waals surface area (Å²) in [5.74, 6) is 0.908. The third-order valence-corrected chi connectivity index (χ3v) is 6.78. The number of amides is 3. The largest absolute Gasteiger partial charge is 0.336 e. The third kappa shape index (κ3) is 5.01. The highest BCUT2D eigenvalue weighted by molar-refractivity contribution is 7.13. The number of anilines is 1. The number of carbonyl (C=O) groups is 2. The van der Waals surface area contributed by atoms with Gasteiger partial charge in [-0.2, -0.15) is 0 Å². The highest BCUT2D eigenvalue weighted by Crippen LogP contribution is 2.26. The molecule has 5 heterocycles. The van der Waals surface area contributed by atoms with Gasteiger partial charge < -0.3 is 15.5 Å². The fourth-order valence-corrected chi connectivity index (χ4v) is 4.94. The first-order valence-electron chi connectivity index (χ1n) is 11.1. The van der Waals surface area contributed by atoms with Crippen LogP contribution in [0.15, 0.2) is 48.0 Å². The van der Waals surface area contributed by atoms with Crippen molar-refractivity contribution in [2.45, 2.75) is 18.9 Å². The molecular weight excluding hydrogens is 438 g/mol. The van der Waals surface area contributed by atoms with Crippen LogP contribution in [0.25, 0.3) is 22.1 Å². The predicted octanol–water partition coefficient (Wildman–Crippen LogP) is 2.70. The zero-order chi connectivity index (χ0) is 22.6. The lowest BCUT2D eigenvalue weighted by molar-refractivity contribution is -0.117. The van der Waals surface area contributed by atoms with E-state index in [0.717, 1.165) is 43.0 Å². The standard InChI is InChI=1S/C23H25N7O2S/c31-21(15-29-10-6-16(7-11-29)30-12-9-25-23(30)32)27-20-14-18(17-4-1-2-8-24-17)26-22(28-20)19-5-3-13-33-19/h1-5,8,13-14,16H,6-7,9-12,15H2,(H,25,32)(H,26,27,28,31). The first kappa shape index (κ1) is 21.5. The van der Waals surface area contributed by atoms with Crippen molar-refractivity contribution in [1.82, 2.24) is 30.1 Å². The normalized spacial score (nSPS) is 17.2. The van der Waals surface area contributed by atoms with Crippen LogP contribution in [0.3, 0.4) is 0 Å². The fourth-order valence-electron chi connectivity index (χ4n) is 4.28. The number of carbonyl (C=O) groups excluding carboxylic acids is 2. The minimum Gasteiger partial charge on any atom is -0.336 e. The lowest BCUT2D eigenvalue weighted by atomic mass is 10.0. The van der Waals surface area contributed by atoms with Gasteiger partial charge in [0.15, 0.2) is 5.82 Å². The molecule has 0 radical (unpaired) electrons. The number of aromatic nitrogens is 3. The van der Waals surface area contributed by atoms with E-state index in [0.29, 0.717) is 23.9 Å². The van der Waals surface area contributed by atoms with E-state index in [1.807, 2.05) is 40.6 Å². The van der Waals surface area contributed by atoms with Crippen LogP contribution in [0.5, 0.6) is 0 Å². The summed E-state index contributed by atoms with van der Waals surface area (Å²) in [5, 5.41) is 7.78. The molecule has 2 fully saturated rings. The minimum atomic E-state index is -0.116. The summed E-state index contributed by atoms with van der Waals surface area (Å²) >= 11 is 1.55. The summed E-state index contributed by atoms with van der Waals surface area (Å²) in [6.45, 7) is 3.34. The second-order valence-corrected chi connectivity index (χ2v) is 9.08. The molecule has 3 aromatic rings. The van der Waals surface area contributed by atoms with Crippen molar-refractivity contribution in [1.29, 1.82) is 0 Å². The molecule has 170 valence electrons. The number of nitrogens with zero attached hydrogens (tertiary/aromatic N) is 5. The van der Waals surface area contributed by atoms with Crippen molar-refractivity contribution in [2.24, 2.45) is 0 Å². The summed E-state index contributed by atoms with van der Waals surface area (Å²) in [7, 11) is 0. The van der Waals surface area contributed by atoms with Gasteiger partial charge >= 0.3 is 6.03 Å². The number of likely N-dealkylation sites (tertiary alicyclic amines) is 1. The van der Waals surface area contributed by atoms with Gasteiger partial charge in [0.05, 0.1) is 22.8 Å². The van der Waals surface area contributed by atoms with Crippen molar-refractivity contribution >= 4 is 29.1 Å². The van der Waals surface area contributed by atoms with Crippen LogP contribution >= 0.6 is 11.3 Å². The first-order chi connectivity index (χ1) is 16.2. The highest BCUT2D eigenvalue weighted by Gasteiger charge is 2.31. The van der Waals surface area contributed by atoms with Gasteiger partial charge in [-0.15, -0.1) is 11.3 Å². The van der Waals surface area contributed by atoms with E-state index in [1.165, 1.54) is 0 Å². The zero-order valence-corrected chi connectivity index (χ0v) is 18.9. The molecule has 0 aromatic carbocycles. The Bertz CT molecular complexity index is 1120. The zero-order valence-electron chi connectivity index (χ0n) is 18.1. The molecule has 2 aliphatic heterocycles. The number of piperidine rings is 1. The lowest BCUT2D eigenvalue weighted by Crippen LogP contribution is -2.47. The second kappa shape index (κ2) is 9.63. The van der Waals surface area contributed by atoms with Crippen LogP contribution in [0.2, 0.25) is 0 Å². The second-order valence-electron chi connectivity index (χ2n) is 8.14. The Labute approximate surface area is 195 Å². The monoisotopic (exact) mass is 463 g/mol. The number of hydrogen-bond donors (Lipinski definition) is 2. The highest BCUT2D eigenvalue weighted by atomic mass is 32.1. The Morgan fingerprint density at radius 1 is 1.12 bits per heavy atom. The van der Waals surface area contributed by atoms with E-state index in [9.17, 15) is 9.59 Å². The summed E-state index contributed by atoms with van der Waals surface area (Å²) in [6.07, 6.45) is 3.47. The number of thiophene rings is 1. The maximum absolute atomic E-state index is 12.8. The molecule has 2 aliphatic rings. The van der Waals surface area contributed by atoms with Gasteiger partial charge in [-0.05, 0) is 36.4 Å².